The summed E-state index contributed by atoms with van der Waals surface area (Å²) in [4.78, 5) is 15.9. The summed E-state index contributed by atoms with van der Waals surface area (Å²) >= 11 is 0. The molecular formula is C15H14N2O2. The number of esters is 1. The van der Waals surface area contributed by atoms with Crippen LogP contribution >= 0.6 is 0 Å². The number of rotatable bonds is 2. The molecule has 0 atom stereocenters. The van der Waals surface area contributed by atoms with Crippen molar-refractivity contribution >= 4 is 12.0 Å². The van der Waals surface area contributed by atoms with Gasteiger partial charge < -0.3 is 4.74 Å². The number of nitrogens with zero attached hydrogens (tertiary/aromatic N) is 2. The zero-order chi connectivity index (χ0) is 13.9. The van der Waals surface area contributed by atoms with Crippen molar-refractivity contribution in [3.63, 3.8) is 0 Å². The van der Waals surface area contributed by atoms with Crippen molar-refractivity contribution < 1.29 is 9.53 Å². The molecule has 0 radical (unpaired) electrons. The highest BCUT2D eigenvalue weighted by Crippen LogP contribution is 2.30. The quantitative estimate of drug-likeness (QED) is 0.761. The van der Waals surface area contributed by atoms with Gasteiger partial charge in [0.1, 0.15) is 17.2 Å². The Labute approximate surface area is 112 Å². The molecule has 0 bridgehead atoms. The van der Waals surface area contributed by atoms with Crippen molar-refractivity contribution in [2.75, 3.05) is 0 Å². The van der Waals surface area contributed by atoms with E-state index in [2.05, 4.69) is 4.98 Å². The summed E-state index contributed by atoms with van der Waals surface area (Å²) < 4.78 is 5.19. The number of aromatic nitrogens is 1. The van der Waals surface area contributed by atoms with Crippen molar-refractivity contribution in [3.05, 3.63) is 47.3 Å². The van der Waals surface area contributed by atoms with Crippen LogP contribution in [0.1, 0.15) is 26.0 Å². The molecule has 2 heterocycles. The van der Waals surface area contributed by atoms with E-state index in [0.717, 1.165) is 5.69 Å². The van der Waals surface area contributed by atoms with E-state index in [-0.39, 0.29) is 5.57 Å². The lowest BCUT2D eigenvalue weighted by Crippen LogP contribution is -2.33. The molecule has 1 aliphatic heterocycles. The average Bonchev–Trinajstić information content (AvgIpc) is 2.36. The Kier molecular flexibility index (Phi) is 3.48. The minimum atomic E-state index is -0.582. The molecule has 0 aromatic carbocycles. The van der Waals surface area contributed by atoms with Crippen LogP contribution in [0.4, 0.5) is 0 Å². The van der Waals surface area contributed by atoms with Crippen LogP contribution in [0.5, 0.6) is 0 Å². The number of hydrogen-bond acceptors (Lipinski definition) is 4. The number of carbonyl (C=O) groups excluding carboxylic acids is 1. The minimum absolute atomic E-state index is 0.0755. The van der Waals surface area contributed by atoms with Gasteiger partial charge in [0, 0.05) is 12.6 Å². The first-order valence-electron chi connectivity index (χ1n) is 5.97. The van der Waals surface area contributed by atoms with Gasteiger partial charge in [-0.1, -0.05) is 12.1 Å². The molecule has 0 amide bonds. The molecule has 1 aromatic heterocycles. The van der Waals surface area contributed by atoms with Gasteiger partial charge in [-0.2, -0.15) is 5.26 Å². The Morgan fingerprint density at radius 2 is 2.21 bits per heavy atom. The van der Waals surface area contributed by atoms with Crippen LogP contribution in [0.15, 0.2) is 41.6 Å². The van der Waals surface area contributed by atoms with E-state index in [4.69, 9.17) is 10.00 Å². The van der Waals surface area contributed by atoms with Crippen molar-refractivity contribution in [1.29, 1.82) is 5.26 Å². The van der Waals surface area contributed by atoms with Gasteiger partial charge in [-0.3, -0.25) is 4.98 Å². The molecule has 96 valence electrons. The molecule has 0 saturated heterocycles. The normalized spacial score (nSPS) is 18.3. The van der Waals surface area contributed by atoms with E-state index >= 15 is 0 Å². The third-order valence-electron chi connectivity index (χ3n) is 2.77. The number of hydrogen-bond donors (Lipinski definition) is 0. The third-order valence-corrected chi connectivity index (χ3v) is 2.77. The highest BCUT2D eigenvalue weighted by Gasteiger charge is 2.33. The first-order valence-corrected chi connectivity index (χ1v) is 5.97. The minimum Gasteiger partial charge on any atom is -0.455 e. The lowest BCUT2D eigenvalue weighted by molar-refractivity contribution is -0.152. The molecule has 0 spiro atoms. The van der Waals surface area contributed by atoms with E-state index in [1.807, 2.05) is 38.1 Å². The van der Waals surface area contributed by atoms with Crippen LogP contribution in [0.3, 0.4) is 0 Å². The molecular weight excluding hydrogens is 240 g/mol. The number of nitriles is 1. The summed E-state index contributed by atoms with van der Waals surface area (Å²) in [6.07, 6.45) is 5.77. The maximum absolute atomic E-state index is 11.7. The first kappa shape index (κ1) is 13.0. The van der Waals surface area contributed by atoms with Crippen LogP contribution < -0.4 is 0 Å². The summed E-state index contributed by atoms with van der Waals surface area (Å²) in [5, 5.41) is 9.04. The van der Waals surface area contributed by atoms with Gasteiger partial charge in [-0.15, -0.1) is 0 Å². The second-order valence-electron chi connectivity index (χ2n) is 4.93. The van der Waals surface area contributed by atoms with Gasteiger partial charge in [0.05, 0.1) is 5.69 Å². The first-order chi connectivity index (χ1) is 9.02. The lowest BCUT2D eigenvalue weighted by atomic mass is 9.91. The van der Waals surface area contributed by atoms with Crippen molar-refractivity contribution in [1.82, 2.24) is 4.98 Å². The Morgan fingerprint density at radius 3 is 2.84 bits per heavy atom. The smallest absolute Gasteiger partial charge is 0.349 e. The molecule has 2 rings (SSSR count). The Morgan fingerprint density at radius 1 is 1.42 bits per heavy atom. The van der Waals surface area contributed by atoms with E-state index in [1.165, 1.54) is 0 Å². The van der Waals surface area contributed by atoms with Crippen LogP contribution in [0.2, 0.25) is 0 Å². The number of carbonyl (C=O) groups is 1. The largest absolute Gasteiger partial charge is 0.455 e. The van der Waals surface area contributed by atoms with E-state index in [9.17, 15) is 4.79 Å². The predicted molar refractivity (Wildman–Crippen MR) is 70.7 cm³/mol. The zero-order valence-corrected chi connectivity index (χ0v) is 10.9. The van der Waals surface area contributed by atoms with E-state index in [0.29, 0.717) is 12.0 Å². The monoisotopic (exact) mass is 254 g/mol. The lowest BCUT2D eigenvalue weighted by Gasteiger charge is -2.30. The summed E-state index contributed by atoms with van der Waals surface area (Å²) in [5.41, 5.74) is 0.964. The summed E-state index contributed by atoms with van der Waals surface area (Å²) in [5.74, 6) is -0.556. The molecule has 4 nitrogen and oxygen atoms in total. The molecule has 1 aromatic rings. The highest BCUT2D eigenvalue weighted by atomic mass is 16.6. The molecule has 0 saturated carbocycles. The van der Waals surface area contributed by atoms with Crippen LogP contribution in [-0.2, 0) is 9.53 Å². The highest BCUT2D eigenvalue weighted by molar-refractivity contribution is 5.95. The summed E-state index contributed by atoms with van der Waals surface area (Å²) in [6.45, 7) is 3.65. The maximum atomic E-state index is 11.7. The molecule has 0 fully saturated rings. The molecule has 19 heavy (non-hydrogen) atoms. The molecule has 0 unspecified atom stereocenters. The summed E-state index contributed by atoms with van der Waals surface area (Å²) in [7, 11) is 0. The second-order valence-corrected chi connectivity index (χ2v) is 4.93. The van der Waals surface area contributed by atoms with E-state index in [1.54, 1.807) is 18.3 Å². The fraction of sp³-hybridized carbons (Fsp3) is 0.267. The predicted octanol–water partition coefficient (Wildman–Crippen LogP) is 2.64. The van der Waals surface area contributed by atoms with Crippen LogP contribution in [0, 0.1) is 11.3 Å². The average molecular weight is 254 g/mol. The molecule has 0 aliphatic carbocycles. The molecule has 4 heteroatoms. The fourth-order valence-corrected chi connectivity index (χ4v) is 1.94. The topological polar surface area (TPSA) is 63.0 Å². The zero-order valence-electron chi connectivity index (χ0n) is 10.9. The van der Waals surface area contributed by atoms with E-state index < -0.39 is 11.6 Å². The van der Waals surface area contributed by atoms with Crippen LogP contribution in [-0.4, -0.2) is 16.6 Å². The number of allylic oxidation sites excluding steroid dienone is 1. The fourth-order valence-electron chi connectivity index (χ4n) is 1.94. The van der Waals surface area contributed by atoms with Gasteiger partial charge >= 0.3 is 5.97 Å². The SMILES string of the molecule is CC1(C)CC(/C=C/c2ccccn2)=C(C#N)C(=O)O1. The molecule has 0 N–H and O–H groups in total. The standard InChI is InChI=1S/C15H14N2O2/c1-15(2)9-11(13(10-16)14(18)19-15)6-7-12-5-3-4-8-17-12/h3-8H,9H2,1-2H3/b7-6+. The maximum Gasteiger partial charge on any atom is 0.349 e. The number of cyclic esters (lactones) is 1. The van der Waals surface area contributed by atoms with Gasteiger partial charge in [-0.05, 0) is 37.6 Å². The van der Waals surface area contributed by atoms with Crippen molar-refractivity contribution in [2.45, 2.75) is 25.9 Å². The van der Waals surface area contributed by atoms with Gasteiger partial charge in [-0.25, -0.2) is 4.79 Å². The summed E-state index contributed by atoms with van der Waals surface area (Å²) in [6, 6.07) is 7.48. The third kappa shape index (κ3) is 3.08. The number of pyridine rings is 1. The Bertz CT molecular complexity index is 592. The molecule has 1 aliphatic rings. The van der Waals surface area contributed by atoms with Gasteiger partial charge in [0.2, 0.25) is 0 Å². The van der Waals surface area contributed by atoms with Crippen molar-refractivity contribution in [2.24, 2.45) is 0 Å². The second kappa shape index (κ2) is 5.07. The van der Waals surface area contributed by atoms with Crippen LogP contribution in [0.25, 0.3) is 6.08 Å². The Balaban J connectivity index is 2.33. The number of ether oxygens (including phenoxy) is 1. The Hall–Kier alpha value is -2.41. The van der Waals surface area contributed by atoms with Crippen molar-refractivity contribution in [3.8, 4) is 6.07 Å². The van der Waals surface area contributed by atoms with Gasteiger partial charge in [0.15, 0.2) is 0 Å². The van der Waals surface area contributed by atoms with Gasteiger partial charge in [0.25, 0.3) is 0 Å².